The number of hydrogen-bond acceptors (Lipinski definition) is 3. The molecule has 0 atom stereocenters. The second-order valence-corrected chi connectivity index (χ2v) is 6.50. The SMILES string of the molecule is COc1ccc(CCNC(=O)Nc2ccc(C(N)=O)cc2C)c2ccccc12. The van der Waals surface area contributed by atoms with E-state index in [4.69, 9.17) is 10.5 Å². The van der Waals surface area contributed by atoms with Crippen molar-refractivity contribution in [2.24, 2.45) is 5.73 Å². The highest BCUT2D eigenvalue weighted by Gasteiger charge is 2.09. The zero-order valence-corrected chi connectivity index (χ0v) is 15.9. The topological polar surface area (TPSA) is 93.4 Å². The lowest BCUT2D eigenvalue weighted by Gasteiger charge is -2.12. The monoisotopic (exact) mass is 377 g/mol. The summed E-state index contributed by atoms with van der Waals surface area (Å²) in [5.41, 5.74) is 8.22. The smallest absolute Gasteiger partial charge is 0.319 e. The lowest BCUT2D eigenvalue weighted by atomic mass is 10.0. The van der Waals surface area contributed by atoms with E-state index in [0.29, 0.717) is 24.2 Å². The van der Waals surface area contributed by atoms with E-state index in [1.807, 2.05) is 37.3 Å². The first-order valence-electron chi connectivity index (χ1n) is 8.99. The van der Waals surface area contributed by atoms with Crippen molar-refractivity contribution >= 4 is 28.4 Å². The van der Waals surface area contributed by atoms with Crippen molar-refractivity contribution in [2.75, 3.05) is 19.0 Å². The molecule has 0 spiro atoms. The molecule has 6 heteroatoms. The minimum Gasteiger partial charge on any atom is -0.496 e. The van der Waals surface area contributed by atoms with Gasteiger partial charge in [0.1, 0.15) is 5.75 Å². The molecule has 28 heavy (non-hydrogen) atoms. The molecule has 0 saturated carbocycles. The van der Waals surface area contributed by atoms with Crippen LogP contribution in [-0.4, -0.2) is 25.6 Å². The van der Waals surface area contributed by atoms with Crippen LogP contribution in [0.15, 0.2) is 54.6 Å². The molecule has 0 aliphatic rings. The molecule has 0 aromatic heterocycles. The van der Waals surface area contributed by atoms with E-state index in [0.717, 1.165) is 27.6 Å². The first-order valence-corrected chi connectivity index (χ1v) is 8.99. The number of nitrogens with one attached hydrogen (secondary N) is 2. The Kier molecular flexibility index (Phi) is 5.79. The maximum atomic E-state index is 12.2. The van der Waals surface area contributed by atoms with E-state index in [-0.39, 0.29) is 6.03 Å². The number of urea groups is 1. The van der Waals surface area contributed by atoms with Crippen molar-refractivity contribution in [2.45, 2.75) is 13.3 Å². The summed E-state index contributed by atoms with van der Waals surface area (Å²) in [6.07, 6.45) is 0.692. The van der Waals surface area contributed by atoms with Crippen molar-refractivity contribution in [1.82, 2.24) is 5.32 Å². The van der Waals surface area contributed by atoms with Crippen molar-refractivity contribution in [1.29, 1.82) is 0 Å². The molecule has 3 amide bonds. The lowest BCUT2D eigenvalue weighted by Crippen LogP contribution is -2.30. The number of amides is 3. The van der Waals surface area contributed by atoms with Crippen LogP contribution in [0.2, 0.25) is 0 Å². The second kappa shape index (κ2) is 8.43. The van der Waals surface area contributed by atoms with Gasteiger partial charge in [0.25, 0.3) is 0 Å². The van der Waals surface area contributed by atoms with Crippen LogP contribution in [0.3, 0.4) is 0 Å². The van der Waals surface area contributed by atoms with E-state index in [2.05, 4.69) is 16.7 Å². The Balaban J connectivity index is 1.62. The molecule has 0 aliphatic heterocycles. The lowest BCUT2D eigenvalue weighted by molar-refractivity contribution is 0.1000. The van der Waals surface area contributed by atoms with Gasteiger partial charge in [-0.05, 0) is 54.1 Å². The number of nitrogens with two attached hydrogens (primary N) is 1. The number of carbonyl (C=O) groups excluding carboxylic acids is 2. The Morgan fingerprint density at radius 3 is 2.46 bits per heavy atom. The van der Waals surface area contributed by atoms with Crippen LogP contribution in [0.5, 0.6) is 5.75 Å². The van der Waals surface area contributed by atoms with Crippen molar-refractivity contribution < 1.29 is 14.3 Å². The molecule has 0 bridgehead atoms. The highest BCUT2D eigenvalue weighted by Crippen LogP contribution is 2.28. The predicted molar refractivity (Wildman–Crippen MR) is 111 cm³/mol. The molecular formula is C22H23N3O3. The van der Waals surface area contributed by atoms with E-state index in [1.54, 1.807) is 25.3 Å². The van der Waals surface area contributed by atoms with E-state index in [9.17, 15) is 9.59 Å². The van der Waals surface area contributed by atoms with E-state index < -0.39 is 5.91 Å². The van der Waals surface area contributed by atoms with Gasteiger partial charge in [0, 0.05) is 23.2 Å². The first kappa shape index (κ1) is 19.2. The number of benzene rings is 3. The molecule has 0 saturated heterocycles. The molecule has 0 aliphatic carbocycles. The summed E-state index contributed by atoms with van der Waals surface area (Å²) in [7, 11) is 1.66. The molecule has 0 radical (unpaired) electrons. The normalized spacial score (nSPS) is 10.5. The molecular weight excluding hydrogens is 354 g/mol. The Hall–Kier alpha value is -3.54. The van der Waals surface area contributed by atoms with Crippen LogP contribution in [0.4, 0.5) is 10.5 Å². The van der Waals surface area contributed by atoms with Gasteiger partial charge >= 0.3 is 6.03 Å². The van der Waals surface area contributed by atoms with Gasteiger partial charge in [-0.3, -0.25) is 4.79 Å². The van der Waals surface area contributed by atoms with Crippen molar-refractivity contribution in [3.8, 4) is 5.75 Å². The number of methoxy groups -OCH3 is 1. The van der Waals surface area contributed by atoms with Gasteiger partial charge in [0.2, 0.25) is 5.91 Å². The number of aryl methyl sites for hydroxylation is 1. The summed E-state index contributed by atoms with van der Waals surface area (Å²) in [5, 5.41) is 7.83. The van der Waals surface area contributed by atoms with Gasteiger partial charge in [-0.2, -0.15) is 0 Å². The fraction of sp³-hybridized carbons (Fsp3) is 0.182. The number of primary amides is 1. The maximum absolute atomic E-state index is 12.2. The van der Waals surface area contributed by atoms with Gasteiger partial charge in [-0.15, -0.1) is 0 Å². The van der Waals surface area contributed by atoms with Crippen LogP contribution in [0, 0.1) is 6.92 Å². The fourth-order valence-electron chi connectivity index (χ4n) is 3.16. The quantitative estimate of drug-likeness (QED) is 0.612. The van der Waals surface area contributed by atoms with Gasteiger partial charge in [-0.1, -0.05) is 30.3 Å². The molecule has 3 aromatic carbocycles. The maximum Gasteiger partial charge on any atom is 0.319 e. The standard InChI is InChI=1S/C22H23N3O3/c1-14-13-16(21(23)26)7-9-19(14)25-22(27)24-12-11-15-8-10-20(28-2)18-6-4-3-5-17(15)18/h3-10,13H,11-12H2,1-2H3,(H2,23,26)(H2,24,25,27). The van der Waals surface area contributed by atoms with Crippen LogP contribution in [0.1, 0.15) is 21.5 Å². The van der Waals surface area contributed by atoms with Gasteiger partial charge < -0.3 is 21.1 Å². The molecule has 3 aromatic rings. The number of hydrogen-bond donors (Lipinski definition) is 3. The summed E-state index contributed by atoms with van der Waals surface area (Å²) >= 11 is 0. The first-order chi connectivity index (χ1) is 13.5. The largest absolute Gasteiger partial charge is 0.496 e. The van der Waals surface area contributed by atoms with Crippen LogP contribution in [-0.2, 0) is 6.42 Å². The zero-order chi connectivity index (χ0) is 20.1. The molecule has 0 fully saturated rings. The number of ether oxygens (including phenoxy) is 1. The summed E-state index contributed by atoms with van der Waals surface area (Å²) < 4.78 is 5.42. The number of rotatable bonds is 6. The van der Waals surface area contributed by atoms with Crippen LogP contribution >= 0.6 is 0 Å². The van der Waals surface area contributed by atoms with Crippen molar-refractivity contribution in [3.63, 3.8) is 0 Å². The predicted octanol–water partition coefficient (Wildman–Crippen LogP) is 3.62. The molecule has 0 unspecified atom stereocenters. The summed E-state index contributed by atoms with van der Waals surface area (Å²) in [4.78, 5) is 23.4. The highest BCUT2D eigenvalue weighted by atomic mass is 16.5. The Bertz CT molecular complexity index is 1030. The van der Waals surface area contributed by atoms with Crippen molar-refractivity contribution in [3.05, 3.63) is 71.3 Å². The molecule has 0 heterocycles. The van der Waals surface area contributed by atoms with Gasteiger partial charge in [0.05, 0.1) is 7.11 Å². The number of fused-ring (bicyclic) bond motifs is 1. The van der Waals surface area contributed by atoms with Gasteiger partial charge in [0.15, 0.2) is 0 Å². The summed E-state index contributed by atoms with van der Waals surface area (Å²) in [5.74, 6) is 0.339. The third-order valence-corrected chi connectivity index (χ3v) is 4.63. The zero-order valence-electron chi connectivity index (χ0n) is 15.9. The number of carbonyl (C=O) groups is 2. The minimum atomic E-state index is -0.495. The molecule has 4 N–H and O–H groups in total. The Morgan fingerprint density at radius 1 is 1.04 bits per heavy atom. The molecule has 6 nitrogen and oxygen atoms in total. The van der Waals surface area contributed by atoms with Crippen LogP contribution in [0.25, 0.3) is 10.8 Å². The molecule has 3 rings (SSSR count). The minimum absolute atomic E-state index is 0.298. The molecule has 144 valence electrons. The number of anilines is 1. The Labute approximate surface area is 163 Å². The van der Waals surface area contributed by atoms with Crippen LogP contribution < -0.4 is 21.1 Å². The third kappa shape index (κ3) is 4.23. The average molecular weight is 377 g/mol. The second-order valence-electron chi connectivity index (χ2n) is 6.50. The highest BCUT2D eigenvalue weighted by molar-refractivity contribution is 5.95. The van der Waals surface area contributed by atoms with E-state index in [1.165, 1.54) is 0 Å². The summed E-state index contributed by atoms with van der Waals surface area (Å²) in [6, 6.07) is 16.6. The van der Waals surface area contributed by atoms with Gasteiger partial charge in [-0.25, -0.2) is 4.79 Å². The average Bonchev–Trinajstić information content (AvgIpc) is 2.69. The Morgan fingerprint density at radius 2 is 1.79 bits per heavy atom. The fourth-order valence-corrected chi connectivity index (χ4v) is 3.16. The van der Waals surface area contributed by atoms with E-state index >= 15 is 0 Å². The third-order valence-electron chi connectivity index (χ3n) is 4.63. The summed E-state index contributed by atoms with van der Waals surface area (Å²) in [6.45, 7) is 2.30.